The number of hydrogen-bond acceptors (Lipinski definition) is 2. The Balaban J connectivity index is 2.24. The minimum absolute atomic E-state index is 0.646. The lowest BCUT2D eigenvalue weighted by molar-refractivity contribution is 0.297. The zero-order valence-electron chi connectivity index (χ0n) is 8.55. The Hall–Kier alpha value is -0.520. The molecule has 0 saturated carbocycles. The molecule has 2 nitrogen and oxygen atoms in total. The lowest BCUT2D eigenvalue weighted by Gasteiger charge is -2.17. The Morgan fingerprint density at radius 1 is 1.46 bits per heavy atom. The molecule has 0 spiro atoms. The molecule has 0 bridgehead atoms. The second-order valence-corrected chi connectivity index (χ2v) is 3.65. The maximum atomic E-state index is 5.22. The van der Waals surface area contributed by atoms with Crippen molar-refractivity contribution < 1.29 is 0 Å². The molecular formula is C11H20N2. The lowest BCUT2D eigenvalue weighted by atomic mass is 10.1. The maximum Gasteiger partial charge on any atom is 0.0575 e. The van der Waals surface area contributed by atoms with E-state index in [0.717, 1.165) is 6.54 Å². The highest BCUT2D eigenvalue weighted by Gasteiger charge is 2.14. The monoisotopic (exact) mass is 180 g/mol. The third kappa shape index (κ3) is 3.80. The standard InChI is InChI=1S/C11H20N2/c1-3-8-12-11-6-5-9-13(4-2)10-7-11/h1,11-12H,4-10H2,2H3. The van der Waals surface area contributed by atoms with Crippen LogP contribution in [0.5, 0.6) is 0 Å². The molecule has 1 atom stereocenters. The van der Waals surface area contributed by atoms with Gasteiger partial charge in [0.2, 0.25) is 0 Å². The van der Waals surface area contributed by atoms with Gasteiger partial charge in [0.15, 0.2) is 0 Å². The van der Waals surface area contributed by atoms with Crippen LogP contribution in [0.1, 0.15) is 26.2 Å². The first-order chi connectivity index (χ1) is 6.36. The maximum absolute atomic E-state index is 5.22. The first kappa shape index (κ1) is 10.6. The smallest absolute Gasteiger partial charge is 0.0575 e. The molecule has 1 rings (SSSR count). The minimum atomic E-state index is 0.646. The van der Waals surface area contributed by atoms with Gasteiger partial charge >= 0.3 is 0 Å². The SMILES string of the molecule is C#CCNC1CCCN(CC)CC1. The molecule has 0 aliphatic carbocycles. The predicted octanol–water partition coefficient (Wildman–Crippen LogP) is 1.08. The van der Waals surface area contributed by atoms with Crippen molar-refractivity contribution in [1.82, 2.24) is 10.2 Å². The second-order valence-electron chi connectivity index (χ2n) is 3.65. The molecule has 1 aliphatic heterocycles. The molecule has 1 N–H and O–H groups in total. The molecule has 1 aliphatic rings. The summed E-state index contributed by atoms with van der Waals surface area (Å²) in [6, 6.07) is 0.646. The Morgan fingerprint density at radius 3 is 3.00 bits per heavy atom. The first-order valence-corrected chi connectivity index (χ1v) is 5.26. The quantitative estimate of drug-likeness (QED) is 0.654. The van der Waals surface area contributed by atoms with Crippen LogP contribution in [0.3, 0.4) is 0 Å². The Labute approximate surface area is 81.7 Å². The van der Waals surface area contributed by atoms with E-state index in [1.165, 1.54) is 38.9 Å². The van der Waals surface area contributed by atoms with Crippen LogP contribution in [0, 0.1) is 12.3 Å². The highest BCUT2D eigenvalue weighted by atomic mass is 15.1. The van der Waals surface area contributed by atoms with Gasteiger partial charge < -0.3 is 10.2 Å². The van der Waals surface area contributed by atoms with Crippen LogP contribution >= 0.6 is 0 Å². The van der Waals surface area contributed by atoms with Gasteiger partial charge in [-0.2, -0.15) is 0 Å². The van der Waals surface area contributed by atoms with Gasteiger partial charge in [-0.15, -0.1) is 6.42 Å². The Kier molecular flexibility index (Phi) is 4.88. The van der Waals surface area contributed by atoms with Gasteiger partial charge in [0, 0.05) is 6.04 Å². The third-order valence-electron chi connectivity index (χ3n) is 2.76. The van der Waals surface area contributed by atoms with Crippen molar-refractivity contribution in [1.29, 1.82) is 0 Å². The van der Waals surface area contributed by atoms with E-state index in [1.54, 1.807) is 0 Å². The fraction of sp³-hybridized carbons (Fsp3) is 0.818. The fourth-order valence-corrected chi connectivity index (χ4v) is 1.88. The van der Waals surface area contributed by atoms with Gasteiger partial charge in [0.05, 0.1) is 6.54 Å². The summed E-state index contributed by atoms with van der Waals surface area (Å²) in [7, 11) is 0. The van der Waals surface area contributed by atoms with E-state index >= 15 is 0 Å². The van der Waals surface area contributed by atoms with E-state index in [-0.39, 0.29) is 0 Å². The number of nitrogens with one attached hydrogen (secondary N) is 1. The van der Waals surface area contributed by atoms with Gasteiger partial charge in [-0.25, -0.2) is 0 Å². The molecule has 2 heteroatoms. The molecule has 0 aromatic rings. The highest BCUT2D eigenvalue weighted by Crippen LogP contribution is 2.10. The molecule has 13 heavy (non-hydrogen) atoms. The molecule has 1 unspecified atom stereocenters. The number of terminal acetylenes is 1. The lowest BCUT2D eigenvalue weighted by Crippen LogP contribution is -2.31. The van der Waals surface area contributed by atoms with E-state index in [1.807, 2.05) is 0 Å². The van der Waals surface area contributed by atoms with Crippen LogP contribution in [0.4, 0.5) is 0 Å². The number of hydrogen-bond donors (Lipinski definition) is 1. The normalized spacial score (nSPS) is 25.1. The van der Waals surface area contributed by atoms with E-state index in [9.17, 15) is 0 Å². The summed E-state index contributed by atoms with van der Waals surface area (Å²) in [6.45, 7) is 6.61. The predicted molar refractivity (Wildman–Crippen MR) is 56.6 cm³/mol. The summed E-state index contributed by atoms with van der Waals surface area (Å²) < 4.78 is 0. The van der Waals surface area contributed by atoms with Crippen molar-refractivity contribution in [2.75, 3.05) is 26.2 Å². The summed E-state index contributed by atoms with van der Waals surface area (Å²) in [5.41, 5.74) is 0. The summed E-state index contributed by atoms with van der Waals surface area (Å²) in [6.07, 6.45) is 9.04. The largest absolute Gasteiger partial charge is 0.304 e. The van der Waals surface area contributed by atoms with Crippen molar-refractivity contribution >= 4 is 0 Å². The van der Waals surface area contributed by atoms with Crippen LogP contribution in [0.2, 0.25) is 0 Å². The zero-order chi connectivity index (χ0) is 9.52. The van der Waals surface area contributed by atoms with Gasteiger partial charge in [-0.05, 0) is 38.9 Å². The van der Waals surface area contributed by atoms with Crippen LogP contribution < -0.4 is 5.32 Å². The number of nitrogens with zero attached hydrogens (tertiary/aromatic N) is 1. The molecule has 0 radical (unpaired) electrons. The number of rotatable bonds is 3. The molecule has 1 fully saturated rings. The second kappa shape index (κ2) is 6.01. The van der Waals surface area contributed by atoms with Crippen LogP contribution in [-0.2, 0) is 0 Å². The number of likely N-dealkylation sites (tertiary alicyclic amines) is 1. The third-order valence-corrected chi connectivity index (χ3v) is 2.76. The summed E-state index contributed by atoms with van der Waals surface area (Å²) >= 11 is 0. The van der Waals surface area contributed by atoms with Gasteiger partial charge in [-0.3, -0.25) is 0 Å². The molecule has 1 saturated heterocycles. The Bertz CT molecular complexity index is 171. The topological polar surface area (TPSA) is 15.3 Å². The molecular weight excluding hydrogens is 160 g/mol. The van der Waals surface area contributed by atoms with Crippen LogP contribution in [-0.4, -0.2) is 37.1 Å². The highest BCUT2D eigenvalue weighted by molar-refractivity contribution is 4.88. The Morgan fingerprint density at radius 2 is 2.31 bits per heavy atom. The first-order valence-electron chi connectivity index (χ1n) is 5.26. The average molecular weight is 180 g/mol. The molecule has 0 aromatic heterocycles. The van der Waals surface area contributed by atoms with Crippen LogP contribution in [0.15, 0.2) is 0 Å². The van der Waals surface area contributed by atoms with E-state index in [0.29, 0.717) is 6.04 Å². The van der Waals surface area contributed by atoms with Crippen molar-refractivity contribution in [2.45, 2.75) is 32.2 Å². The molecule has 0 amide bonds. The minimum Gasteiger partial charge on any atom is -0.304 e. The van der Waals surface area contributed by atoms with Crippen molar-refractivity contribution in [3.05, 3.63) is 0 Å². The summed E-state index contributed by atoms with van der Waals surface area (Å²) in [4.78, 5) is 2.51. The van der Waals surface area contributed by atoms with Crippen LogP contribution in [0.25, 0.3) is 0 Å². The van der Waals surface area contributed by atoms with Crippen molar-refractivity contribution in [3.63, 3.8) is 0 Å². The van der Waals surface area contributed by atoms with E-state index < -0.39 is 0 Å². The fourth-order valence-electron chi connectivity index (χ4n) is 1.88. The average Bonchev–Trinajstić information content (AvgIpc) is 2.39. The zero-order valence-corrected chi connectivity index (χ0v) is 8.55. The summed E-state index contributed by atoms with van der Waals surface area (Å²) in [5.74, 6) is 2.64. The van der Waals surface area contributed by atoms with Crippen molar-refractivity contribution in [2.24, 2.45) is 0 Å². The van der Waals surface area contributed by atoms with Gasteiger partial charge in [0.1, 0.15) is 0 Å². The van der Waals surface area contributed by atoms with Gasteiger partial charge in [0.25, 0.3) is 0 Å². The van der Waals surface area contributed by atoms with Crippen molar-refractivity contribution in [3.8, 4) is 12.3 Å². The summed E-state index contributed by atoms with van der Waals surface area (Å²) in [5, 5.41) is 3.39. The van der Waals surface area contributed by atoms with E-state index in [2.05, 4.69) is 23.1 Å². The van der Waals surface area contributed by atoms with E-state index in [4.69, 9.17) is 6.42 Å². The molecule has 0 aromatic carbocycles. The molecule has 1 heterocycles. The molecule has 74 valence electrons. The van der Waals surface area contributed by atoms with Gasteiger partial charge in [-0.1, -0.05) is 12.8 Å².